The Morgan fingerprint density at radius 3 is 2.67 bits per heavy atom. The quantitative estimate of drug-likeness (QED) is 0.752. The maximum Gasteiger partial charge on any atom is 0.158 e. The zero-order valence-corrected chi connectivity index (χ0v) is 11.4. The molecule has 1 rings (SSSR count). The second-order valence-corrected chi connectivity index (χ2v) is 5.14. The monoisotopic (exact) mass is 250 g/mol. The van der Waals surface area contributed by atoms with Crippen molar-refractivity contribution in [2.75, 3.05) is 13.2 Å². The Labute approximate surface area is 109 Å². The zero-order valence-electron chi connectivity index (χ0n) is 11.4. The first-order valence-corrected chi connectivity index (χ1v) is 6.25. The molecule has 0 bridgehead atoms. The molecule has 0 aromatic carbocycles. The Balaban J connectivity index is 3.10. The lowest BCUT2D eigenvalue weighted by Crippen LogP contribution is -2.30. The number of hydrogen-bond donors (Lipinski definition) is 2. The van der Waals surface area contributed by atoms with Gasteiger partial charge < -0.3 is 10.2 Å². The van der Waals surface area contributed by atoms with E-state index in [1.807, 2.05) is 32.9 Å². The molecule has 0 fully saturated rings. The molecular formula is C15H22O3. The van der Waals surface area contributed by atoms with Crippen LogP contribution in [0, 0.1) is 5.41 Å². The molecule has 3 nitrogen and oxygen atoms in total. The standard InChI is InChI=1S/C15H22O3/c1-11(7-9-16)4-5-13-12(2)14(18)6-8-15(13,3)10-17/h4-5,7,16-17H,6,8-10H2,1-3H3/b5-4+,11-7+. The van der Waals surface area contributed by atoms with Gasteiger partial charge in [-0.05, 0) is 31.4 Å². The Hall–Kier alpha value is -1.19. The van der Waals surface area contributed by atoms with E-state index in [0.29, 0.717) is 12.8 Å². The third kappa shape index (κ3) is 3.18. The smallest absolute Gasteiger partial charge is 0.158 e. The zero-order chi connectivity index (χ0) is 13.8. The average Bonchev–Trinajstić information content (AvgIpc) is 2.34. The first-order chi connectivity index (χ1) is 8.44. The van der Waals surface area contributed by atoms with Gasteiger partial charge >= 0.3 is 0 Å². The number of ketones is 1. The van der Waals surface area contributed by atoms with Crippen molar-refractivity contribution in [1.29, 1.82) is 0 Å². The molecule has 0 heterocycles. The van der Waals surface area contributed by atoms with Gasteiger partial charge in [0.2, 0.25) is 0 Å². The fourth-order valence-corrected chi connectivity index (χ4v) is 2.23. The van der Waals surface area contributed by atoms with E-state index in [-0.39, 0.29) is 24.4 Å². The lowest BCUT2D eigenvalue weighted by Gasteiger charge is -2.34. The van der Waals surface area contributed by atoms with Crippen LogP contribution in [0.1, 0.15) is 33.6 Å². The van der Waals surface area contributed by atoms with Gasteiger partial charge in [-0.2, -0.15) is 0 Å². The highest BCUT2D eigenvalue weighted by atomic mass is 16.3. The average molecular weight is 250 g/mol. The molecule has 2 N–H and O–H groups in total. The normalized spacial score (nSPS) is 26.3. The molecule has 0 radical (unpaired) electrons. The van der Waals surface area contributed by atoms with Gasteiger partial charge in [-0.25, -0.2) is 0 Å². The van der Waals surface area contributed by atoms with E-state index in [0.717, 1.165) is 16.7 Å². The summed E-state index contributed by atoms with van der Waals surface area (Å²) in [6.45, 7) is 5.74. The number of carbonyl (C=O) groups excluding carboxylic acids is 1. The lowest BCUT2D eigenvalue weighted by molar-refractivity contribution is -0.116. The summed E-state index contributed by atoms with van der Waals surface area (Å²) in [5.74, 6) is 0.157. The summed E-state index contributed by atoms with van der Waals surface area (Å²) in [7, 11) is 0. The maximum atomic E-state index is 11.8. The molecule has 0 aromatic heterocycles. The van der Waals surface area contributed by atoms with Crippen LogP contribution in [0.25, 0.3) is 0 Å². The van der Waals surface area contributed by atoms with Crippen LogP contribution in [0.4, 0.5) is 0 Å². The van der Waals surface area contributed by atoms with Crippen molar-refractivity contribution in [3.05, 3.63) is 34.9 Å². The molecule has 1 aliphatic carbocycles. The molecule has 0 spiro atoms. The summed E-state index contributed by atoms with van der Waals surface area (Å²) in [6.07, 6.45) is 6.66. The van der Waals surface area contributed by atoms with Gasteiger partial charge in [-0.1, -0.05) is 30.7 Å². The Bertz CT molecular complexity index is 415. The minimum absolute atomic E-state index is 0.00437. The summed E-state index contributed by atoms with van der Waals surface area (Å²) in [5, 5.41) is 18.4. The highest BCUT2D eigenvalue weighted by molar-refractivity contribution is 5.97. The van der Waals surface area contributed by atoms with Crippen molar-refractivity contribution < 1.29 is 15.0 Å². The Morgan fingerprint density at radius 1 is 1.44 bits per heavy atom. The highest BCUT2D eigenvalue weighted by Gasteiger charge is 2.34. The van der Waals surface area contributed by atoms with Crippen molar-refractivity contribution in [3.8, 4) is 0 Å². The molecule has 1 aliphatic rings. The van der Waals surface area contributed by atoms with Gasteiger partial charge in [0.25, 0.3) is 0 Å². The molecule has 3 heteroatoms. The SMILES string of the molecule is CC1=C(/C=C/C(C)=C/CO)C(C)(CO)CCC1=O. The highest BCUT2D eigenvalue weighted by Crippen LogP contribution is 2.39. The number of carbonyl (C=O) groups is 1. The van der Waals surface area contributed by atoms with Crippen LogP contribution in [0.3, 0.4) is 0 Å². The van der Waals surface area contributed by atoms with Crippen LogP contribution in [-0.4, -0.2) is 29.2 Å². The maximum absolute atomic E-state index is 11.8. The molecule has 0 aliphatic heterocycles. The van der Waals surface area contributed by atoms with E-state index in [2.05, 4.69) is 0 Å². The Morgan fingerprint density at radius 2 is 2.11 bits per heavy atom. The van der Waals surface area contributed by atoms with Gasteiger partial charge in [-0.3, -0.25) is 4.79 Å². The van der Waals surface area contributed by atoms with Crippen LogP contribution in [0.2, 0.25) is 0 Å². The number of aliphatic hydroxyl groups excluding tert-OH is 2. The first kappa shape index (κ1) is 14.9. The molecule has 0 amide bonds. The van der Waals surface area contributed by atoms with Crippen LogP contribution in [0.5, 0.6) is 0 Å². The predicted octanol–water partition coefficient (Wildman–Crippen LogP) is 2.16. The third-order valence-corrected chi connectivity index (χ3v) is 3.65. The largest absolute Gasteiger partial charge is 0.395 e. The molecule has 0 saturated heterocycles. The number of allylic oxidation sites excluding steroid dienone is 4. The first-order valence-electron chi connectivity index (χ1n) is 6.25. The summed E-state index contributed by atoms with van der Waals surface area (Å²) in [5.41, 5.74) is 2.25. The number of hydrogen-bond acceptors (Lipinski definition) is 3. The van der Waals surface area contributed by atoms with Crippen LogP contribution in [0.15, 0.2) is 34.9 Å². The van der Waals surface area contributed by atoms with Gasteiger partial charge in [0, 0.05) is 11.8 Å². The minimum Gasteiger partial charge on any atom is -0.395 e. The molecule has 18 heavy (non-hydrogen) atoms. The van der Waals surface area contributed by atoms with E-state index in [9.17, 15) is 9.90 Å². The second-order valence-electron chi connectivity index (χ2n) is 5.14. The predicted molar refractivity (Wildman–Crippen MR) is 72.1 cm³/mol. The summed E-state index contributed by atoms with van der Waals surface area (Å²) in [6, 6.07) is 0. The Kier molecular flexibility index (Phi) is 5.05. The van der Waals surface area contributed by atoms with Crippen molar-refractivity contribution in [1.82, 2.24) is 0 Å². The number of aliphatic hydroxyl groups is 2. The second kappa shape index (κ2) is 6.12. The van der Waals surface area contributed by atoms with E-state index in [1.165, 1.54) is 0 Å². The summed E-state index contributed by atoms with van der Waals surface area (Å²) >= 11 is 0. The van der Waals surface area contributed by atoms with Crippen molar-refractivity contribution >= 4 is 5.78 Å². The lowest BCUT2D eigenvalue weighted by atomic mass is 9.71. The van der Waals surface area contributed by atoms with Crippen LogP contribution >= 0.6 is 0 Å². The fraction of sp³-hybridized carbons (Fsp3) is 0.533. The van der Waals surface area contributed by atoms with Crippen LogP contribution in [-0.2, 0) is 4.79 Å². The van der Waals surface area contributed by atoms with Gasteiger partial charge in [0.1, 0.15) is 0 Å². The van der Waals surface area contributed by atoms with Crippen LogP contribution < -0.4 is 0 Å². The molecule has 1 atom stereocenters. The fourth-order valence-electron chi connectivity index (χ4n) is 2.23. The molecule has 0 saturated carbocycles. The summed E-state index contributed by atoms with van der Waals surface area (Å²) < 4.78 is 0. The van der Waals surface area contributed by atoms with Crippen molar-refractivity contribution in [2.45, 2.75) is 33.6 Å². The van der Waals surface area contributed by atoms with E-state index in [4.69, 9.17) is 5.11 Å². The van der Waals surface area contributed by atoms with Crippen molar-refractivity contribution in [3.63, 3.8) is 0 Å². The van der Waals surface area contributed by atoms with Gasteiger partial charge in [-0.15, -0.1) is 0 Å². The number of rotatable bonds is 4. The molecule has 100 valence electrons. The van der Waals surface area contributed by atoms with E-state index >= 15 is 0 Å². The topological polar surface area (TPSA) is 57.5 Å². The van der Waals surface area contributed by atoms with Gasteiger partial charge in [0.15, 0.2) is 5.78 Å². The van der Waals surface area contributed by atoms with E-state index in [1.54, 1.807) is 6.08 Å². The minimum atomic E-state index is -0.339. The third-order valence-electron chi connectivity index (χ3n) is 3.65. The summed E-state index contributed by atoms with van der Waals surface area (Å²) in [4.78, 5) is 11.8. The van der Waals surface area contributed by atoms with Crippen molar-refractivity contribution in [2.24, 2.45) is 5.41 Å². The molecular weight excluding hydrogens is 228 g/mol. The molecule has 0 aromatic rings. The molecule has 1 unspecified atom stereocenters. The van der Waals surface area contributed by atoms with Gasteiger partial charge in [0.05, 0.1) is 13.2 Å². The van der Waals surface area contributed by atoms with E-state index < -0.39 is 0 Å². The number of Topliss-reactive ketones (excluding diaryl/α,β-unsaturated/α-hetero) is 1.